The first-order chi connectivity index (χ1) is 9.11. The first kappa shape index (κ1) is 17.1. The van der Waals surface area contributed by atoms with E-state index in [1.807, 2.05) is 24.3 Å². The largest absolute Gasteiger partial charge is 0.506 e. The zero-order valence-corrected chi connectivity index (χ0v) is 13.2. The number of aliphatic hydroxyl groups is 1. The van der Waals surface area contributed by atoms with E-state index in [2.05, 4.69) is 4.98 Å². The van der Waals surface area contributed by atoms with Gasteiger partial charge in [-0.3, -0.25) is 4.98 Å². The summed E-state index contributed by atoms with van der Waals surface area (Å²) in [6.45, 7) is 1.52. The molecule has 0 unspecified atom stereocenters. The van der Waals surface area contributed by atoms with Crippen LogP contribution in [-0.4, -0.2) is 15.2 Å². The SMILES string of the molecule is Cc1ncc(CSc2ccc(Cl)cc2)c(CO)c1O.Cl. The molecule has 0 bridgehead atoms. The van der Waals surface area contributed by atoms with E-state index in [0.717, 1.165) is 10.5 Å². The lowest BCUT2D eigenvalue weighted by molar-refractivity contribution is 0.274. The Morgan fingerprint density at radius 1 is 1.25 bits per heavy atom. The van der Waals surface area contributed by atoms with Crippen molar-refractivity contribution in [1.29, 1.82) is 0 Å². The molecule has 0 fully saturated rings. The van der Waals surface area contributed by atoms with Crippen LogP contribution in [0.4, 0.5) is 0 Å². The van der Waals surface area contributed by atoms with E-state index in [1.165, 1.54) is 0 Å². The maximum Gasteiger partial charge on any atom is 0.142 e. The molecule has 0 atom stereocenters. The third-order valence-electron chi connectivity index (χ3n) is 2.80. The van der Waals surface area contributed by atoms with Gasteiger partial charge in [-0.15, -0.1) is 24.2 Å². The fraction of sp³-hybridized carbons (Fsp3) is 0.214. The molecule has 1 aromatic heterocycles. The molecule has 2 aromatic rings. The lowest BCUT2D eigenvalue weighted by Gasteiger charge is -2.10. The first-order valence-electron chi connectivity index (χ1n) is 5.77. The van der Waals surface area contributed by atoms with Crippen molar-refractivity contribution in [1.82, 2.24) is 4.98 Å². The molecule has 6 heteroatoms. The quantitative estimate of drug-likeness (QED) is 0.832. The zero-order valence-electron chi connectivity index (χ0n) is 10.8. The van der Waals surface area contributed by atoms with Crippen molar-refractivity contribution in [3.8, 4) is 5.75 Å². The minimum atomic E-state index is -0.189. The minimum Gasteiger partial charge on any atom is -0.506 e. The molecular formula is C14H15Cl2NO2S. The average Bonchev–Trinajstić information content (AvgIpc) is 2.42. The summed E-state index contributed by atoms with van der Waals surface area (Å²) < 4.78 is 0. The van der Waals surface area contributed by atoms with Crippen LogP contribution in [0.2, 0.25) is 5.02 Å². The lowest BCUT2D eigenvalue weighted by atomic mass is 10.1. The van der Waals surface area contributed by atoms with Crippen molar-refractivity contribution in [2.75, 3.05) is 0 Å². The highest BCUT2D eigenvalue weighted by Gasteiger charge is 2.11. The number of thioether (sulfide) groups is 1. The first-order valence-corrected chi connectivity index (χ1v) is 7.13. The zero-order chi connectivity index (χ0) is 13.8. The summed E-state index contributed by atoms with van der Waals surface area (Å²) in [6.07, 6.45) is 1.70. The van der Waals surface area contributed by atoms with Crippen LogP contribution in [0.15, 0.2) is 35.4 Å². The van der Waals surface area contributed by atoms with E-state index in [4.69, 9.17) is 11.6 Å². The van der Waals surface area contributed by atoms with Crippen LogP contribution >= 0.6 is 35.8 Å². The van der Waals surface area contributed by atoms with Gasteiger partial charge in [0.25, 0.3) is 0 Å². The van der Waals surface area contributed by atoms with Gasteiger partial charge in [0.2, 0.25) is 0 Å². The predicted octanol–water partition coefficient (Wildman–Crippen LogP) is 3.96. The number of benzene rings is 1. The van der Waals surface area contributed by atoms with Gasteiger partial charge in [-0.25, -0.2) is 0 Å². The maximum absolute atomic E-state index is 9.86. The molecule has 0 amide bonds. The molecule has 1 heterocycles. The van der Waals surface area contributed by atoms with E-state index in [0.29, 0.717) is 22.0 Å². The Morgan fingerprint density at radius 3 is 2.50 bits per heavy atom. The van der Waals surface area contributed by atoms with Crippen LogP contribution in [0.1, 0.15) is 16.8 Å². The molecule has 0 aliphatic rings. The number of hydrogen-bond acceptors (Lipinski definition) is 4. The summed E-state index contributed by atoms with van der Waals surface area (Å²) in [5.74, 6) is 0.718. The molecule has 0 saturated carbocycles. The van der Waals surface area contributed by atoms with Crippen LogP contribution in [-0.2, 0) is 12.4 Å². The van der Waals surface area contributed by atoms with E-state index >= 15 is 0 Å². The lowest BCUT2D eigenvalue weighted by Crippen LogP contribution is -1.97. The summed E-state index contributed by atoms with van der Waals surface area (Å²) in [6, 6.07) is 7.55. The van der Waals surface area contributed by atoms with E-state index in [1.54, 1.807) is 24.9 Å². The molecule has 0 radical (unpaired) electrons. The van der Waals surface area contributed by atoms with Gasteiger partial charge in [-0.1, -0.05) is 11.6 Å². The average molecular weight is 332 g/mol. The number of hydrogen-bond donors (Lipinski definition) is 2. The highest BCUT2D eigenvalue weighted by molar-refractivity contribution is 7.98. The van der Waals surface area contributed by atoms with Crippen molar-refractivity contribution in [2.24, 2.45) is 0 Å². The van der Waals surface area contributed by atoms with Crippen LogP contribution < -0.4 is 0 Å². The van der Waals surface area contributed by atoms with E-state index in [-0.39, 0.29) is 24.8 Å². The third-order valence-corrected chi connectivity index (χ3v) is 4.11. The Balaban J connectivity index is 0.00000200. The van der Waals surface area contributed by atoms with Crippen LogP contribution in [0.5, 0.6) is 5.75 Å². The van der Waals surface area contributed by atoms with Gasteiger partial charge in [0.15, 0.2) is 0 Å². The summed E-state index contributed by atoms with van der Waals surface area (Å²) in [5.41, 5.74) is 1.92. The van der Waals surface area contributed by atoms with Gasteiger partial charge < -0.3 is 10.2 Å². The molecule has 3 nitrogen and oxygen atoms in total. The van der Waals surface area contributed by atoms with Gasteiger partial charge in [0, 0.05) is 27.4 Å². The van der Waals surface area contributed by atoms with Crippen LogP contribution in [0.3, 0.4) is 0 Å². The molecule has 1 aromatic carbocycles. The molecule has 2 N–H and O–H groups in total. The Bertz CT molecular complexity index is 576. The second kappa shape index (κ2) is 7.74. The standard InChI is InChI=1S/C14H14ClNO2S.ClH/c1-9-14(18)13(7-17)10(6-16-9)8-19-12-4-2-11(15)3-5-12;/h2-6,17-18H,7-8H2,1H3;1H. The summed E-state index contributed by atoms with van der Waals surface area (Å²) in [7, 11) is 0. The number of pyridine rings is 1. The summed E-state index contributed by atoms with van der Waals surface area (Å²) in [4.78, 5) is 5.20. The molecule has 2 rings (SSSR count). The molecule has 108 valence electrons. The van der Waals surface area contributed by atoms with Crippen molar-refractivity contribution in [3.05, 3.63) is 52.3 Å². The number of nitrogens with zero attached hydrogens (tertiary/aromatic N) is 1. The van der Waals surface area contributed by atoms with Crippen molar-refractivity contribution in [2.45, 2.75) is 24.2 Å². The number of aromatic nitrogens is 1. The molecule has 0 aliphatic carbocycles. The number of aliphatic hydroxyl groups excluding tert-OH is 1. The monoisotopic (exact) mass is 331 g/mol. The van der Waals surface area contributed by atoms with Crippen molar-refractivity contribution in [3.63, 3.8) is 0 Å². The van der Waals surface area contributed by atoms with Gasteiger partial charge in [0.05, 0.1) is 12.3 Å². The number of aromatic hydroxyl groups is 1. The Kier molecular flexibility index (Phi) is 6.62. The number of aryl methyl sites for hydroxylation is 1. The Hall–Kier alpha value is -0.940. The normalized spacial score (nSPS) is 10.2. The fourth-order valence-electron chi connectivity index (χ4n) is 1.68. The molecule has 20 heavy (non-hydrogen) atoms. The minimum absolute atomic E-state index is 0. The van der Waals surface area contributed by atoms with Crippen molar-refractivity contribution < 1.29 is 10.2 Å². The number of halogens is 2. The number of rotatable bonds is 4. The van der Waals surface area contributed by atoms with Crippen LogP contribution in [0.25, 0.3) is 0 Å². The second-order valence-electron chi connectivity index (χ2n) is 4.10. The molecule has 0 aliphatic heterocycles. The fourth-order valence-corrected chi connectivity index (χ4v) is 2.70. The van der Waals surface area contributed by atoms with E-state index in [9.17, 15) is 10.2 Å². The molecular weight excluding hydrogens is 317 g/mol. The summed E-state index contributed by atoms with van der Waals surface area (Å²) >= 11 is 7.43. The van der Waals surface area contributed by atoms with Gasteiger partial charge in [-0.05, 0) is 36.8 Å². The molecule has 0 saturated heterocycles. The Labute approximate surface area is 133 Å². The second-order valence-corrected chi connectivity index (χ2v) is 5.58. The highest BCUT2D eigenvalue weighted by Crippen LogP contribution is 2.29. The van der Waals surface area contributed by atoms with Gasteiger partial charge in [0.1, 0.15) is 5.75 Å². The topological polar surface area (TPSA) is 53.4 Å². The predicted molar refractivity (Wildman–Crippen MR) is 84.8 cm³/mol. The maximum atomic E-state index is 9.86. The smallest absolute Gasteiger partial charge is 0.142 e. The Morgan fingerprint density at radius 2 is 1.90 bits per heavy atom. The third kappa shape index (κ3) is 4.03. The van der Waals surface area contributed by atoms with Gasteiger partial charge >= 0.3 is 0 Å². The molecule has 0 spiro atoms. The summed E-state index contributed by atoms with van der Waals surface area (Å²) in [5, 5.41) is 19.9. The highest BCUT2D eigenvalue weighted by atomic mass is 35.5. The van der Waals surface area contributed by atoms with Crippen LogP contribution in [0, 0.1) is 6.92 Å². The van der Waals surface area contributed by atoms with Crippen molar-refractivity contribution >= 4 is 35.8 Å². The van der Waals surface area contributed by atoms with E-state index < -0.39 is 0 Å². The van der Waals surface area contributed by atoms with Gasteiger partial charge in [-0.2, -0.15) is 0 Å².